The summed E-state index contributed by atoms with van der Waals surface area (Å²) in [7, 11) is 0. The highest BCUT2D eigenvalue weighted by atomic mass is 35.5. The van der Waals surface area contributed by atoms with Crippen molar-refractivity contribution in [3.8, 4) is 6.07 Å². The van der Waals surface area contributed by atoms with Crippen LogP contribution in [0.4, 0.5) is 0 Å². The predicted molar refractivity (Wildman–Crippen MR) is 122 cm³/mol. The van der Waals surface area contributed by atoms with E-state index in [1.165, 1.54) is 5.56 Å². The zero-order valence-corrected chi connectivity index (χ0v) is 20.1. The van der Waals surface area contributed by atoms with Crippen molar-refractivity contribution < 1.29 is 14.3 Å². The van der Waals surface area contributed by atoms with Crippen LogP contribution in [-0.4, -0.2) is 32.7 Å². The molecule has 166 valence electrons. The third kappa shape index (κ3) is 3.95. The van der Waals surface area contributed by atoms with Gasteiger partial charge in [0.1, 0.15) is 11.3 Å². The normalized spacial score (nSPS) is 27.0. The lowest BCUT2D eigenvalue weighted by Crippen LogP contribution is -2.33. The number of halogens is 2. The third-order valence-electron chi connectivity index (χ3n) is 6.13. The number of nitrogens with zero attached hydrogens (tertiary/aromatic N) is 2. The number of fused-ring (bicyclic) bond motifs is 1. The number of hydrogen-bond donors (Lipinski definition) is 0. The molecule has 1 saturated carbocycles. The summed E-state index contributed by atoms with van der Waals surface area (Å²) < 4.78 is 11.9. The van der Waals surface area contributed by atoms with Gasteiger partial charge < -0.3 is 14.0 Å². The van der Waals surface area contributed by atoms with Crippen LogP contribution in [0.3, 0.4) is 0 Å². The van der Waals surface area contributed by atoms with E-state index in [4.69, 9.17) is 32.7 Å². The van der Waals surface area contributed by atoms with Gasteiger partial charge in [0.2, 0.25) is 0 Å². The number of nitriles is 1. The first-order valence-electron chi connectivity index (χ1n) is 10.6. The zero-order valence-electron chi connectivity index (χ0n) is 18.6. The highest BCUT2D eigenvalue weighted by molar-refractivity contribution is 6.52. The van der Waals surface area contributed by atoms with Crippen LogP contribution in [0.15, 0.2) is 24.3 Å². The molecule has 0 bridgehead atoms. The van der Waals surface area contributed by atoms with E-state index in [0.29, 0.717) is 11.6 Å². The van der Waals surface area contributed by atoms with Gasteiger partial charge in [-0.15, -0.1) is 0 Å². The molecule has 2 fully saturated rings. The molecule has 1 unspecified atom stereocenters. The number of carbonyl (C=O) groups is 1. The molecule has 1 aromatic carbocycles. The van der Waals surface area contributed by atoms with Crippen molar-refractivity contribution in [3.63, 3.8) is 0 Å². The summed E-state index contributed by atoms with van der Waals surface area (Å²) in [6, 6.07) is 10.2. The van der Waals surface area contributed by atoms with Crippen LogP contribution in [0.2, 0.25) is 0 Å². The van der Waals surface area contributed by atoms with Crippen molar-refractivity contribution in [1.82, 2.24) is 4.57 Å². The Morgan fingerprint density at radius 2 is 1.97 bits per heavy atom. The Bertz CT molecular complexity index is 1090. The van der Waals surface area contributed by atoms with Gasteiger partial charge in [0.05, 0.1) is 17.2 Å². The maximum atomic E-state index is 13.1. The molecular weight excluding hydrogens is 435 g/mol. The SMILES string of the molecule is CC(C)(C)OC(=O)c1cc2cc([C@H]3CCOC(C)(C)C3)ccc2n1C1(C#N)CC1(Cl)Cl. The topological polar surface area (TPSA) is 64.2 Å². The van der Waals surface area contributed by atoms with Gasteiger partial charge in [-0.1, -0.05) is 29.3 Å². The minimum absolute atomic E-state index is 0.165. The summed E-state index contributed by atoms with van der Waals surface area (Å²) in [6.45, 7) is 10.4. The average molecular weight is 463 g/mol. The Kier molecular flexibility index (Phi) is 5.17. The first kappa shape index (κ1) is 22.5. The molecule has 1 aliphatic heterocycles. The predicted octanol–water partition coefficient (Wildman–Crippen LogP) is 6.07. The fourth-order valence-electron chi connectivity index (χ4n) is 4.59. The molecule has 2 atom stereocenters. The second-order valence-electron chi connectivity index (χ2n) is 10.3. The van der Waals surface area contributed by atoms with E-state index in [2.05, 4.69) is 32.0 Å². The number of carbonyl (C=O) groups excluding carboxylic acids is 1. The first-order valence-corrected chi connectivity index (χ1v) is 11.4. The van der Waals surface area contributed by atoms with Crippen LogP contribution in [0.5, 0.6) is 0 Å². The molecule has 31 heavy (non-hydrogen) atoms. The minimum Gasteiger partial charge on any atom is -0.455 e. The highest BCUT2D eigenvalue weighted by Gasteiger charge is 2.70. The van der Waals surface area contributed by atoms with Gasteiger partial charge in [-0.3, -0.25) is 0 Å². The number of benzene rings is 1. The van der Waals surface area contributed by atoms with Crippen molar-refractivity contribution >= 4 is 40.1 Å². The summed E-state index contributed by atoms with van der Waals surface area (Å²) in [5.41, 5.74) is 0.203. The van der Waals surface area contributed by atoms with Crippen LogP contribution in [0.1, 0.15) is 75.9 Å². The smallest absolute Gasteiger partial charge is 0.355 e. The second kappa shape index (κ2) is 7.13. The fraction of sp³-hybridized carbons (Fsp3) is 0.583. The second-order valence-corrected chi connectivity index (χ2v) is 11.8. The van der Waals surface area contributed by atoms with Crippen molar-refractivity contribution in [2.45, 2.75) is 80.9 Å². The van der Waals surface area contributed by atoms with E-state index in [9.17, 15) is 10.1 Å². The number of esters is 1. The fourth-order valence-corrected chi connectivity index (χ4v) is 5.23. The van der Waals surface area contributed by atoms with Crippen LogP contribution < -0.4 is 0 Å². The lowest BCUT2D eigenvalue weighted by atomic mass is 9.83. The van der Waals surface area contributed by atoms with Crippen LogP contribution in [0.25, 0.3) is 10.9 Å². The van der Waals surface area contributed by atoms with E-state index in [-0.39, 0.29) is 12.0 Å². The van der Waals surface area contributed by atoms with Crippen molar-refractivity contribution in [2.24, 2.45) is 0 Å². The molecule has 0 spiro atoms. The van der Waals surface area contributed by atoms with E-state index < -0.39 is 21.4 Å². The third-order valence-corrected chi connectivity index (χ3v) is 7.02. The average Bonchev–Trinajstić information content (AvgIpc) is 3.02. The van der Waals surface area contributed by atoms with Crippen molar-refractivity contribution in [3.05, 3.63) is 35.5 Å². The van der Waals surface area contributed by atoms with Crippen molar-refractivity contribution in [2.75, 3.05) is 6.61 Å². The molecule has 0 radical (unpaired) electrons. The lowest BCUT2D eigenvalue weighted by Gasteiger charge is -2.35. The summed E-state index contributed by atoms with van der Waals surface area (Å²) in [6.07, 6.45) is 2.12. The monoisotopic (exact) mass is 462 g/mol. The van der Waals surface area contributed by atoms with Gasteiger partial charge in [0.25, 0.3) is 0 Å². The molecule has 5 nitrogen and oxygen atoms in total. The van der Waals surface area contributed by atoms with E-state index in [1.807, 2.05) is 26.8 Å². The van der Waals surface area contributed by atoms with Crippen LogP contribution >= 0.6 is 23.2 Å². The molecule has 1 aromatic heterocycles. The zero-order chi connectivity index (χ0) is 22.8. The van der Waals surface area contributed by atoms with E-state index >= 15 is 0 Å². The standard InChI is InChI=1S/C24H28Cl2N2O3/c1-21(2,3)31-20(29)19-11-17-10-15(16-8-9-30-22(4,5)12-16)6-7-18(17)28(19)23(14-27)13-24(23,25)26/h6-7,10-11,16H,8-9,12-13H2,1-5H3/t16-,23?/m0/s1. The number of aromatic nitrogens is 1. The van der Waals surface area contributed by atoms with Gasteiger partial charge in [-0.05, 0) is 77.1 Å². The number of rotatable bonds is 3. The number of hydrogen-bond acceptors (Lipinski definition) is 4. The van der Waals surface area contributed by atoms with Gasteiger partial charge in [0.15, 0.2) is 9.87 Å². The lowest BCUT2D eigenvalue weighted by molar-refractivity contribution is -0.0592. The van der Waals surface area contributed by atoms with Gasteiger partial charge in [-0.2, -0.15) is 5.26 Å². The Morgan fingerprint density at radius 3 is 2.52 bits per heavy atom. The van der Waals surface area contributed by atoms with Crippen molar-refractivity contribution in [1.29, 1.82) is 5.26 Å². The minimum atomic E-state index is -1.26. The maximum absolute atomic E-state index is 13.1. The molecule has 2 aliphatic rings. The molecule has 2 aromatic rings. The molecule has 7 heteroatoms. The number of ether oxygens (including phenoxy) is 2. The highest BCUT2D eigenvalue weighted by Crippen LogP contribution is 2.63. The van der Waals surface area contributed by atoms with Crippen LogP contribution in [0, 0.1) is 11.3 Å². The molecule has 0 amide bonds. The summed E-state index contributed by atoms with van der Waals surface area (Å²) in [5, 5.41) is 10.8. The Balaban J connectivity index is 1.83. The van der Waals surface area contributed by atoms with Crippen LogP contribution in [-0.2, 0) is 15.0 Å². The first-order chi connectivity index (χ1) is 14.3. The molecule has 1 saturated heterocycles. The molecule has 0 N–H and O–H groups in total. The Hall–Kier alpha value is -1.74. The Labute approximate surface area is 193 Å². The van der Waals surface area contributed by atoms with E-state index in [0.717, 1.165) is 30.4 Å². The quantitative estimate of drug-likeness (QED) is 0.410. The summed E-state index contributed by atoms with van der Waals surface area (Å²) in [4.78, 5) is 13.1. The largest absolute Gasteiger partial charge is 0.455 e. The van der Waals surface area contributed by atoms with E-state index in [1.54, 1.807) is 10.6 Å². The molecular formula is C24H28Cl2N2O3. The maximum Gasteiger partial charge on any atom is 0.355 e. The van der Waals surface area contributed by atoms with Gasteiger partial charge >= 0.3 is 5.97 Å². The molecule has 4 rings (SSSR count). The summed E-state index contributed by atoms with van der Waals surface area (Å²) in [5.74, 6) is -0.129. The molecule has 1 aliphatic carbocycles. The Morgan fingerprint density at radius 1 is 1.29 bits per heavy atom. The molecule has 2 heterocycles. The van der Waals surface area contributed by atoms with Gasteiger partial charge in [0, 0.05) is 18.4 Å². The number of alkyl halides is 2. The van der Waals surface area contributed by atoms with Gasteiger partial charge in [-0.25, -0.2) is 4.79 Å². The summed E-state index contributed by atoms with van der Waals surface area (Å²) >= 11 is 12.8.